The Kier molecular flexibility index (Phi) is 5.54. The molecule has 1 heterocycles. The fourth-order valence-corrected chi connectivity index (χ4v) is 2.66. The van der Waals surface area contributed by atoms with Crippen LogP contribution in [0.3, 0.4) is 0 Å². The van der Waals surface area contributed by atoms with Crippen LogP contribution >= 0.6 is 11.6 Å². The summed E-state index contributed by atoms with van der Waals surface area (Å²) in [5.74, 6) is -0.505. The number of carbonyl (C=O) groups excluding carboxylic acids is 1. The summed E-state index contributed by atoms with van der Waals surface area (Å²) in [6, 6.07) is 6.09. The number of amides is 1. The van der Waals surface area contributed by atoms with Crippen molar-refractivity contribution in [1.29, 1.82) is 0 Å². The van der Waals surface area contributed by atoms with Crippen molar-refractivity contribution in [2.75, 3.05) is 6.54 Å². The highest BCUT2D eigenvalue weighted by Gasteiger charge is 2.34. The number of nitrogens with zero attached hydrogens (tertiary/aromatic N) is 1. The molecule has 0 aromatic heterocycles. The Morgan fingerprint density at radius 3 is 2.62 bits per heavy atom. The molecule has 6 heteroatoms. The average molecular weight is 352 g/mol. The first-order valence-electron chi connectivity index (χ1n) is 7.84. The molecular weight excluding hydrogens is 330 g/mol. The Labute approximate surface area is 146 Å². The largest absolute Gasteiger partial charge is 0.480 e. The maximum Gasteiger partial charge on any atom is 0.326 e. The van der Waals surface area contributed by atoms with E-state index in [0.29, 0.717) is 29.4 Å². The van der Waals surface area contributed by atoms with Crippen molar-refractivity contribution in [3.63, 3.8) is 0 Å². The van der Waals surface area contributed by atoms with Crippen molar-refractivity contribution in [2.45, 2.75) is 39.7 Å². The third-order valence-electron chi connectivity index (χ3n) is 3.80. The maximum absolute atomic E-state index is 12.2. The highest BCUT2D eigenvalue weighted by molar-refractivity contribution is 6.32. The fraction of sp³-hybridized carbons (Fsp3) is 0.444. The van der Waals surface area contributed by atoms with Gasteiger partial charge in [-0.15, -0.1) is 0 Å². The number of carbonyl (C=O) groups is 2. The first-order valence-corrected chi connectivity index (χ1v) is 8.21. The molecule has 0 saturated heterocycles. The highest BCUT2D eigenvalue weighted by atomic mass is 35.5. The Hall–Kier alpha value is -2.01. The highest BCUT2D eigenvalue weighted by Crippen LogP contribution is 2.29. The van der Waals surface area contributed by atoms with Crippen LogP contribution in [0.1, 0.15) is 33.6 Å². The van der Waals surface area contributed by atoms with E-state index in [9.17, 15) is 14.7 Å². The summed E-state index contributed by atoms with van der Waals surface area (Å²) in [5, 5.41) is 9.93. The molecule has 1 atom stereocenters. The van der Waals surface area contributed by atoms with Crippen molar-refractivity contribution >= 4 is 23.5 Å². The van der Waals surface area contributed by atoms with Crippen LogP contribution in [0.25, 0.3) is 0 Å². The Balaban J connectivity index is 2.06. The quantitative estimate of drug-likeness (QED) is 0.848. The molecule has 2 rings (SSSR count). The zero-order valence-corrected chi connectivity index (χ0v) is 14.8. The molecule has 5 nitrogen and oxygen atoms in total. The first-order chi connectivity index (χ1) is 11.2. The summed E-state index contributed by atoms with van der Waals surface area (Å²) in [6.45, 7) is 6.26. The maximum atomic E-state index is 12.2. The minimum atomic E-state index is -1.00. The third-order valence-corrected chi connectivity index (χ3v) is 4.11. The standard InChI is InChI=1S/C18H22ClNO4/c1-18(2,3)9-8-14(17(22)23)20-11-12(10-16(20)21)24-15-7-5-4-6-13(15)19/h4-7,10,14H,8-9,11H2,1-3H3,(H,22,23). The molecule has 1 unspecified atom stereocenters. The molecule has 0 fully saturated rings. The van der Waals surface area contributed by atoms with E-state index < -0.39 is 12.0 Å². The summed E-state index contributed by atoms with van der Waals surface area (Å²) in [4.78, 5) is 25.1. The number of ether oxygens (including phenoxy) is 1. The Morgan fingerprint density at radius 2 is 2.04 bits per heavy atom. The van der Waals surface area contributed by atoms with Gasteiger partial charge in [0.2, 0.25) is 0 Å². The van der Waals surface area contributed by atoms with Gasteiger partial charge in [-0.1, -0.05) is 44.5 Å². The Morgan fingerprint density at radius 1 is 1.38 bits per heavy atom. The van der Waals surface area contributed by atoms with Gasteiger partial charge in [-0.2, -0.15) is 0 Å². The topological polar surface area (TPSA) is 66.8 Å². The lowest BCUT2D eigenvalue weighted by Gasteiger charge is -2.27. The molecule has 1 amide bonds. The third kappa shape index (κ3) is 4.74. The van der Waals surface area contributed by atoms with E-state index in [2.05, 4.69) is 0 Å². The molecule has 0 radical (unpaired) electrons. The number of para-hydroxylation sites is 1. The van der Waals surface area contributed by atoms with Gasteiger partial charge in [0, 0.05) is 6.08 Å². The van der Waals surface area contributed by atoms with Crippen LogP contribution in [0.4, 0.5) is 0 Å². The zero-order valence-electron chi connectivity index (χ0n) is 14.1. The van der Waals surface area contributed by atoms with Gasteiger partial charge >= 0.3 is 5.97 Å². The second kappa shape index (κ2) is 7.26. The number of benzene rings is 1. The molecule has 1 aromatic carbocycles. The van der Waals surface area contributed by atoms with Crippen molar-refractivity contribution in [3.05, 3.63) is 41.1 Å². The summed E-state index contributed by atoms with van der Waals surface area (Å²) in [5.41, 5.74) is 0.000788. The molecule has 1 N–H and O–H groups in total. The van der Waals surface area contributed by atoms with Crippen LogP contribution in [-0.4, -0.2) is 34.5 Å². The number of hydrogen-bond acceptors (Lipinski definition) is 3. The molecule has 1 aliphatic rings. The van der Waals surface area contributed by atoms with E-state index in [1.165, 1.54) is 11.0 Å². The molecule has 24 heavy (non-hydrogen) atoms. The number of carboxylic acid groups (broad SMARTS) is 1. The van der Waals surface area contributed by atoms with Crippen molar-refractivity contribution in [2.24, 2.45) is 5.41 Å². The normalized spacial score (nSPS) is 16.1. The molecule has 0 aliphatic carbocycles. The van der Waals surface area contributed by atoms with Crippen LogP contribution in [0.5, 0.6) is 5.75 Å². The summed E-state index contributed by atoms with van der Waals surface area (Å²) in [7, 11) is 0. The number of hydrogen-bond donors (Lipinski definition) is 1. The number of aliphatic carboxylic acids is 1. The van der Waals surface area contributed by atoms with Gasteiger partial charge in [0.15, 0.2) is 0 Å². The summed E-state index contributed by atoms with van der Waals surface area (Å²) >= 11 is 6.04. The fourth-order valence-electron chi connectivity index (χ4n) is 2.49. The lowest BCUT2D eigenvalue weighted by atomic mass is 9.88. The molecule has 0 spiro atoms. The molecule has 1 aromatic rings. The lowest BCUT2D eigenvalue weighted by Crippen LogP contribution is -2.43. The van der Waals surface area contributed by atoms with Crippen LogP contribution in [-0.2, 0) is 9.59 Å². The van der Waals surface area contributed by atoms with Crippen LogP contribution in [0.15, 0.2) is 36.1 Å². The minimum absolute atomic E-state index is 0.000788. The van der Waals surface area contributed by atoms with Gasteiger partial charge in [-0.25, -0.2) is 4.79 Å². The Bertz CT molecular complexity index is 663. The SMILES string of the molecule is CC(C)(C)CCC(C(=O)O)N1CC(Oc2ccccc2Cl)=CC1=O. The van der Waals surface area contributed by atoms with Crippen molar-refractivity contribution in [3.8, 4) is 5.75 Å². The van der Waals surface area contributed by atoms with Gasteiger partial charge < -0.3 is 14.7 Å². The van der Waals surface area contributed by atoms with Gasteiger partial charge in [0.1, 0.15) is 17.6 Å². The van der Waals surface area contributed by atoms with E-state index >= 15 is 0 Å². The van der Waals surface area contributed by atoms with E-state index in [-0.39, 0.29) is 17.9 Å². The zero-order chi connectivity index (χ0) is 17.9. The van der Waals surface area contributed by atoms with Crippen LogP contribution < -0.4 is 4.74 Å². The van der Waals surface area contributed by atoms with Crippen molar-refractivity contribution in [1.82, 2.24) is 4.90 Å². The number of carboxylic acids is 1. The van der Waals surface area contributed by atoms with Gasteiger partial charge in [0.05, 0.1) is 11.6 Å². The minimum Gasteiger partial charge on any atom is -0.480 e. The van der Waals surface area contributed by atoms with E-state index in [1.54, 1.807) is 24.3 Å². The lowest BCUT2D eigenvalue weighted by molar-refractivity contribution is -0.148. The van der Waals surface area contributed by atoms with Crippen LogP contribution in [0.2, 0.25) is 5.02 Å². The smallest absolute Gasteiger partial charge is 0.326 e. The monoisotopic (exact) mass is 351 g/mol. The summed E-state index contributed by atoms with van der Waals surface area (Å²) < 4.78 is 5.66. The van der Waals surface area contributed by atoms with Gasteiger partial charge in [-0.3, -0.25) is 4.79 Å². The predicted molar refractivity (Wildman–Crippen MR) is 92.0 cm³/mol. The summed E-state index contributed by atoms with van der Waals surface area (Å²) in [6.07, 6.45) is 2.43. The second-order valence-corrected chi connectivity index (χ2v) is 7.47. The first kappa shape index (κ1) is 18.3. The molecule has 130 valence electrons. The molecular formula is C18H22ClNO4. The van der Waals surface area contributed by atoms with E-state index in [1.807, 2.05) is 20.8 Å². The van der Waals surface area contributed by atoms with Crippen LogP contribution in [0, 0.1) is 5.41 Å². The molecule has 0 bridgehead atoms. The van der Waals surface area contributed by atoms with Gasteiger partial charge in [0.25, 0.3) is 5.91 Å². The van der Waals surface area contributed by atoms with E-state index in [4.69, 9.17) is 16.3 Å². The van der Waals surface area contributed by atoms with E-state index in [0.717, 1.165) is 0 Å². The number of halogens is 1. The van der Waals surface area contributed by atoms with Crippen molar-refractivity contribution < 1.29 is 19.4 Å². The molecule has 1 aliphatic heterocycles. The second-order valence-electron chi connectivity index (χ2n) is 7.06. The predicted octanol–water partition coefficient (Wildman–Crippen LogP) is 3.72. The average Bonchev–Trinajstić information content (AvgIpc) is 2.81. The molecule has 0 saturated carbocycles. The van der Waals surface area contributed by atoms with Gasteiger partial charge in [-0.05, 0) is 30.4 Å². The number of rotatable bonds is 6.